The van der Waals surface area contributed by atoms with E-state index in [1.807, 2.05) is 17.0 Å². The Morgan fingerprint density at radius 2 is 1.74 bits per heavy atom. The number of amides is 1. The average Bonchev–Trinajstić information content (AvgIpc) is 3.15. The third-order valence-corrected chi connectivity index (χ3v) is 5.91. The molecule has 2 saturated heterocycles. The van der Waals surface area contributed by atoms with Crippen LogP contribution < -0.4 is 4.74 Å². The van der Waals surface area contributed by atoms with Gasteiger partial charge in [-0.3, -0.25) is 14.7 Å². The van der Waals surface area contributed by atoms with Crippen LogP contribution in [0, 0.1) is 0 Å². The van der Waals surface area contributed by atoms with E-state index in [4.69, 9.17) is 9.15 Å². The first-order valence-electron chi connectivity index (χ1n) is 9.54. The lowest BCUT2D eigenvalue weighted by Gasteiger charge is -2.41. The predicted octanol–water partition coefficient (Wildman–Crippen LogP) is 3.59. The summed E-state index contributed by atoms with van der Waals surface area (Å²) in [5.74, 6) is 1.30. The highest BCUT2D eigenvalue weighted by atomic mass is 79.9. The van der Waals surface area contributed by atoms with Gasteiger partial charge in [0.25, 0.3) is 5.91 Å². The molecule has 0 N–H and O–H groups in total. The normalized spacial score (nSPS) is 20.0. The number of carbonyl (C=O) groups excluding carboxylic acids is 1. The van der Waals surface area contributed by atoms with Gasteiger partial charge in [-0.25, -0.2) is 0 Å². The molecule has 2 aromatic heterocycles. The van der Waals surface area contributed by atoms with Crippen LogP contribution in [0.25, 0.3) is 0 Å². The number of piperidine rings is 2. The van der Waals surface area contributed by atoms with Gasteiger partial charge in [-0.1, -0.05) is 0 Å². The molecule has 4 heterocycles. The van der Waals surface area contributed by atoms with Crippen molar-refractivity contribution in [3.05, 3.63) is 47.1 Å². The Morgan fingerprint density at radius 3 is 2.37 bits per heavy atom. The summed E-state index contributed by atoms with van der Waals surface area (Å²) in [6.07, 6.45) is 7.93. The Balaban J connectivity index is 1.23. The van der Waals surface area contributed by atoms with Crippen molar-refractivity contribution in [3.8, 4) is 5.75 Å². The minimum atomic E-state index is -0.0105. The standard InChI is InChI=1S/C20H24BrN3O3/c21-19-2-1-18(27-19)20(25)24-11-5-15(6-12-24)23-13-7-17(8-14-23)26-16-3-9-22-10-4-16/h1-4,9-10,15,17H,5-8,11-14H2. The van der Waals surface area contributed by atoms with E-state index < -0.39 is 0 Å². The summed E-state index contributed by atoms with van der Waals surface area (Å²) < 4.78 is 12.1. The molecule has 0 radical (unpaired) electrons. The Hall–Kier alpha value is -1.86. The van der Waals surface area contributed by atoms with Gasteiger partial charge in [0.1, 0.15) is 11.9 Å². The Kier molecular flexibility index (Phi) is 5.78. The van der Waals surface area contributed by atoms with Crippen molar-refractivity contribution in [2.45, 2.75) is 37.8 Å². The Labute approximate surface area is 167 Å². The highest BCUT2D eigenvalue weighted by molar-refractivity contribution is 9.10. The fourth-order valence-electron chi connectivity index (χ4n) is 3.99. The maximum atomic E-state index is 12.5. The number of carbonyl (C=O) groups is 1. The summed E-state index contributed by atoms with van der Waals surface area (Å²) in [7, 11) is 0. The van der Waals surface area contributed by atoms with Crippen molar-refractivity contribution in [2.75, 3.05) is 26.2 Å². The van der Waals surface area contributed by atoms with Crippen LogP contribution in [0.5, 0.6) is 5.75 Å². The molecule has 0 saturated carbocycles. The molecule has 0 aliphatic carbocycles. The zero-order valence-electron chi connectivity index (χ0n) is 15.2. The quantitative estimate of drug-likeness (QED) is 0.737. The van der Waals surface area contributed by atoms with Gasteiger partial charge < -0.3 is 14.1 Å². The molecule has 144 valence electrons. The molecule has 2 aromatic rings. The highest BCUT2D eigenvalue weighted by Crippen LogP contribution is 2.25. The van der Waals surface area contributed by atoms with E-state index in [1.54, 1.807) is 24.5 Å². The Morgan fingerprint density at radius 1 is 1.04 bits per heavy atom. The van der Waals surface area contributed by atoms with Gasteiger partial charge in [0, 0.05) is 44.6 Å². The van der Waals surface area contributed by atoms with Gasteiger partial charge in [-0.15, -0.1) is 0 Å². The molecular formula is C20H24BrN3O3. The first-order chi connectivity index (χ1) is 13.2. The zero-order valence-corrected chi connectivity index (χ0v) is 16.8. The number of pyridine rings is 1. The second kappa shape index (κ2) is 8.44. The smallest absolute Gasteiger partial charge is 0.289 e. The van der Waals surface area contributed by atoms with Crippen LogP contribution >= 0.6 is 15.9 Å². The topological polar surface area (TPSA) is 58.8 Å². The molecule has 4 rings (SSSR count). The number of hydrogen-bond donors (Lipinski definition) is 0. The van der Waals surface area contributed by atoms with E-state index in [2.05, 4.69) is 25.8 Å². The number of aromatic nitrogens is 1. The minimum absolute atomic E-state index is 0.0105. The van der Waals surface area contributed by atoms with Gasteiger partial charge >= 0.3 is 0 Å². The van der Waals surface area contributed by atoms with Gasteiger partial charge in [-0.2, -0.15) is 0 Å². The molecule has 27 heavy (non-hydrogen) atoms. The maximum Gasteiger partial charge on any atom is 0.289 e. The third-order valence-electron chi connectivity index (χ3n) is 5.48. The van der Waals surface area contributed by atoms with Crippen molar-refractivity contribution < 1.29 is 13.9 Å². The summed E-state index contributed by atoms with van der Waals surface area (Å²) in [5.41, 5.74) is 0. The molecule has 0 bridgehead atoms. The SMILES string of the molecule is O=C(c1ccc(Br)o1)N1CCC(N2CCC(Oc3ccncc3)CC2)CC1. The van der Waals surface area contributed by atoms with E-state index in [1.165, 1.54) is 0 Å². The second-order valence-electron chi connectivity index (χ2n) is 7.16. The first kappa shape index (κ1) is 18.5. The molecule has 0 unspecified atom stereocenters. The minimum Gasteiger partial charge on any atom is -0.490 e. The van der Waals surface area contributed by atoms with Gasteiger partial charge in [0.15, 0.2) is 10.4 Å². The van der Waals surface area contributed by atoms with E-state index in [0.29, 0.717) is 16.5 Å². The van der Waals surface area contributed by atoms with Gasteiger partial charge in [0.2, 0.25) is 0 Å². The summed E-state index contributed by atoms with van der Waals surface area (Å²) in [6, 6.07) is 7.87. The first-order valence-corrected chi connectivity index (χ1v) is 10.3. The maximum absolute atomic E-state index is 12.5. The molecule has 6 nitrogen and oxygen atoms in total. The highest BCUT2D eigenvalue weighted by Gasteiger charge is 2.31. The van der Waals surface area contributed by atoms with Crippen LogP contribution in [0.15, 0.2) is 45.7 Å². The fourth-order valence-corrected chi connectivity index (χ4v) is 4.29. The number of hydrogen-bond acceptors (Lipinski definition) is 5. The van der Waals surface area contributed by atoms with Crippen LogP contribution in [0.3, 0.4) is 0 Å². The lowest BCUT2D eigenvalue weighted by Crippen LogP contribution is -2.50. The largest absolute Gasteiger partial charge is 0.490 e. The van der Waals surface area contributed by atoms with E-state index in [0.717, 1.165) is 57.6 Å². The van der Waals surface area contributed by atoms with E-state index in [-0.39, 0.29) is 12.0 Å². The molecule has 1 amide bonds. The molecule has 2 fully saturated rings. The lowest BCUT2D eigenvalue weighted by molar-refractivity contribution is 0.0410. The van der Waals surface area contributed by atoms with Crippen molar-refractivity contribution >= 4 is 21.8 Å². The Bertz CT molecular complexity index is 751. The summed E-state index contributed by atoms with van der Waals surface area (Å²) >= 11 is 3.25. The van der Waals surface area contributed by atoms with Crippen LogP contribution in [-0.4, -0.2) is 59.0 Å². The van der Waals surface area contributed by atoms with Crippen molar-refractivity contribution in [1.82, 2.24) is 14.8 Å². The zero-order chi connectivity index (χ0) is 18.6. The van der Waals surface area contributed by atoms with Crippen LogP contribution in [0.1, 0.15) is 36.2 Å². The monoisotopic (exact) mass is 433 g/mol. The van der Waals surface area contributed by atoms with Crippen molar-refractivity contribution in [1.29, 1.82) is 0 Å². The molecule has 7 heteroatoms. The van der Waals surface area contributed by atoms with Crippen LogP contribution in [0.2, 0.25) is 0 Å². The van der Waals surface area contributed by atoms with E-state index in [9.17, 15) is 4.79 Å². The third kappa shape index (κ3) is 4.52. The predicted molar refractivity (Wildman–Crippen MR) is 105 cm³/mol. The number of nitrogens with zero attached hydrogens (tertiary/aromatic N) is 3. The average molecular weight is 434 g/mol. The molecule has 0 aromatic carbocycles. The van der Waals surface area contributed by atoms with Gasteiger partial charge in [0.05, 0.1) is 0 Å². The molecule has 0 spiro atoms. The molecule has 0 atom stereocenters. The summed E-state index contributed by atoms with van der Waals surface area (Å²) in [6.45, 7) is 3.68. The molecule has 2 aliphatic rings. The second-order valence-corrected chi connectivity index (χ2v) is 7.94. The summed E-state index contributed by atoms with van der Waals surface area (Å²) in [5, 5.41) is 0. The van der Waals surface area contributed by atoms with Crippen LogP contribution in [0.4, 0.5) is 0 Å². The fraction of sp³-hybridized carbons (Fsp3) is 0.500. The number of rotatable bonds is 4. The van der Waals surface area contributed by atoms with Crippen molar-refractivity contribution in [3.63, 3.8) is 0 Å². The molecule has 2 aliphatic heterocycles. The number of halogens is 1. The molecular weight excluding hydrogens is 410 g/mol. The van der Waals surface area contributed by atoms with Gasteiger partial charge in [-0.05, 0) is 65.9 Å². The number of likely N-dealkylation sites (tertiary alicyclic amines) is 2. The number of furan rings is 1. The van der Waals surface area contributed by atoms with Crippen LogP contribution in [-0.2, 0) is 0 Å². The summed E-state index contributed by atoms with van der Waals surface area (Å²) in [4.78, 5) is 21.0. The van der Waals surface area contributed by atoms with E-state index >= 15 is 0 Å². The van der Waals surface area contributed by atoms with Crippen molar-refractivity contribution in [2.24, 2.45) is 0 Å². The number of ether oxygens (including phenoxy) is 1. The lowest BCUT2D eigenvalue weighted by atomic mass is 9.98.